The van der Waals surface area contributed by atoms with Gasteiger partial charge in [0.05, 0.1) is 10.6 Å². The van der Waals surface area contributed by atoms with Crippen LogP contribution in [0.4, 0.5) is 5.69 Å². The lowest BCUT2D eigenvalue weighted by atomic mass is 10.1. The van der Waals surface area contributed by atoms with Gasteiger partial charge in [-0.25, -0.2) is 8.42 Å². The molecule has 0 aliphatic heterocycles. The summed E-state index contributed by atoms with van der Waals surface area (Å²) in [5.74, 6) is -0.723. The molecule has 0 saturated heterocycles. The number of halogens is 1. The molecule has 2 amide bonds. The third-order valence-corrected chi connectivity index (χ3v) is 8.31. The van der Waals surface area contributed by atoms with Gasteiger partial charge in [-0.1, -0.05) is 67.1 Å². The first kappa shape index (κ1) is 29.2. The third kappa shape index (κ3) is 7.14. The number of hydrogen-bond acceptors (Lipinski definition) is 4. The molecule has 0 aliphatic rings. The van der Waals surface area contributed by atoms with E-state index in [1.165, 1.54) is 29.2 Å². The van der Waals surface area contributed by atoms with Crippen LogP contribution in [0.25, 0.3) is 0 Å². The molecule has 202 valence electrons. The molecule has 0 fully saturated rings. The van der Waals surface area contributed by atoms with Crippen LogP contribution in [0.1, 0.15) is 31.4 Å². The number of rotatable bonds is 12. The van der Waals surface area contributed by atoms with Crippen molar-refractivity contribution in [1.29, 1.82) is 0 Å². The van der Waals surface area contributed by atoms with Crippen molar-refractivity contribution >= 4 is 39.1 Å². The van der Waals surface area contributed by atoms with Crippen LogP contribution in [0, 0.1) is 6.92 Å². The minimum absolute atomic E-state index is 0.0181. The van der Waals surface area contributed by atoms with Crippen LogP contribution in [-0.2, 0) is 26.0 Å². The lowest BCUT2D eigenvalue weighted by molar-refractivity contribution is -0.139. The minimum Gasteiger partial charge on any atom is -0.355 e. The predicted octanol–water partition coefficient (Wildman–Crippen LogP) is 4.83. The van der Waals surface area contributed by atoms with E-state index in [-0.39, 0.29) is 17.3 Å². The molecule has 7 nitrogen and oxygen atoms in total. The second-order valence-corrected chi connectivity index (χ2v) is 11.2. The van der Waals surface area contributed by atoms with Crippen molar-refractivity contribution in [3.8, 4) is 0 Å². The molecule has 0 radical (unpaired) electrons. The number of nitrogens with one attached hydrogen (secondary N) is 1. The number of benzene rings is 3. The minimum atomic E-state index is -4.13. The Bertz CT molecular complexity index is 1330. The van der Waals surface area contributed by atoms with E-state index >= 15 is 0 Å². The number of aryl methyl sites for hydroxylation is 1. The molecule has 0 heterocycles. The van der Waals surface area contributed by atoms with Gasteiger partial charge in [-0.15, -0.1) is 0 Å². The molecule has 0 aromatic heterocycles. The van der Waals surface area contributed by atoms with Crippen LogP contribution in [-0.4, -0.2) is 50.8 Å². The molecule has 3 aromatic carbocycles. The summed E-state index contributed by atoms with van der Waals surface area (Å²) in [6, 6.07) is 21.8. The molecule has 0 saturated carbocycles. The third-order valence-electron chi connectivity index (χ3n) is 6.29. The van der Waals surface area contributed by atoms with Gasteiger partial charge < -0.3 is 10.2 Å². The quantitative estimate of drug-likeness (QED) is 0.347. The van der Waals surface area contributed by atoms with E-state index in [1.807, 2.05) is 50.2 Å². The first-order chi connectivity index (χ1) is 18.2. The van der Waals surface area contributed by atoms with Crippen molar-refractivity contribution in [2.24, 2.45) is 0 Å². The van der Waals surface area contributed by atoms with Gasteiger partial charge in [-0.3, -0.25) is 13.9 Å². The maximum Gasteiger partial charge on any atom is 0.264 e. The van der Waals surface area contributed by atoms with E-state index < -0.39 is 28.5 Å². The average molecular weight is 556 g/mol. The molecule has 38 heavy (non-hydrogen) atoms. The van der Waals surface area contributed by atoms with Gasteiger partial charge in [0.2, 0.25) is 11.8 Å². The Morgan fingerprint density at radius 1 is 0.921 bits per heavy atom. The van der Waals surface area contributed by atoms with Crippen molar-refractivity contribution in [1.82, 2.24) is 10.2 Å². The summed E-state index contributed by atoms with van der Waals surface area (Å²) in [5, 5.41) is 3.21. The largest absolute Gasteiger partial charge is 0.355 e. The number of likely N-dealkylation sites (N-methyl/N-ethyl adjacent to an activating group) is 1. The van der Waals surface area contributed by atoms with Crippen LogP contribution in [0.5, 0.6) is 0 Å². The molecule has 1 atom stereocenters. The number of hydrogen-bond donors (Lipinski definition) is 1. The zero-order valence-corrected chi connectivity index (χ0v) is 23.5. The summed E-state index contributed by atoms with van der Waals surface area (Å²) < 4.78 is 28.8. The van der Waals surface area contributed by atoms with E-state index in [0.29, 0.717) is 35.7 Å². The molecular weight excluding hydrogens is 522 g/mol. The smallest absolute Gasteiger partial charge is 0.264 e. The first-order valence-corrected chi connectivity index (χ1v) is 14.5. The Balaban J connectivity index is 2.01. The SMILES string of the molecule is CCNC(=O)[C@H](CC)N(CCc1ccccc1)C(=O)CN(c1ccccc1C)S(=O)(=O)c1ccc(Cl)cc1. The molecule has 9 heteroatoms. The summed E-state index contributed by atoms with van der Waals surface area (Å²) in [5.41, 5.74) is 2.11. The molecule has 1 N–H and O–H groups in total. The zero-order valence-electron chi connectivity index (χ0n) is 21.9. The number of carbonyl (C=O) groups excluding carboxylic acids is 2. The van der Waals surface area contributed by atoms with Crippen molar-refractivity contribution < 1.29 is 18.0 Å². The zero-order chi connectivity index (χ0) is 27.7. The van der Waals surface area contributed by atoms with Crippen LogP contribution < -0.4 is 9.62 Å². The molecule has 0 spiro atoms. The highest BCUT2D eigenvalue weighted by Gasteiger charge is 2.33. The van der Waals surface area contributed by atoms with Gasteiger partial charge in [0, 0.05) is 18.1 Å². The van der Waals surface area contributed by atoms with E-state index in [0.717, 1.165) is 9.87 Å². The Hall–Kier alpha value is -3.36. The van der Waals surface area contributed by atoms with E-state index in [4.69, 9.17) is 11.6 Å². The van der Waals surface area contributed by atoms with Crippen molar-refractivity contribution in [3.63, 3.8) is 0 Å². The summed E-state index contributed by atoms with van der Waals surface area (Å²) in [4.78, 5) is 28.4. The average Bonchev–Trinajstić information content (AvgIpc) is 2.91. The Morgan fingerprint density at radius 3 is 2.16 bits per heavy atom. The number of sulfonamides is 1. The monoisotopic (exact) mass is 555 g/mol. The standard InChI is InChI=1S/C29H34ClN3O4S/c1-4-26(29(35)31-5-2)32(20-19-23-12-7-6-8-13-23)28(34)21-33(27-14-10-9-11-22(27)3)38(36,37)25-17-15-24(30)16-18-25/h6-18,26H,4-5,19-21H2,1-3H3,(H,31,35)/t26-/m0/s1. The second-order valence-electron chi connectivity index (χ2n) is 8.89. The second kappa shape index (κ2) is 13.4. The molecule has 0 bridgehead atoms. The summed E-state index contributed by atoms with van der Waals surface area (Å²) >= 11 is 5.99. The molecular formula is C29H34ClN3O4S. The molecule has 0 unspecified atom stereocenters. The fourth-order valence-electron chi connectivity index (χ4n) is 4.28. The van der Waals surface area contributed by atoms with Gasteiger partial charge in [0.15, 0.2) is 0 Å². The maximum atomic E-state index is 13.9. The van der Waals surface area contributed by atoms with Gasteiger partial charge in [-0.05, 0) is 68.1 Å². The van der Waals surface area contributed by atoms with Crippen LogP contribution >= 0.6 is 11.6 Å². The highest BCUT2D eigenvalue weighted by molar-refractivity contribution is 7.92. The van der Waals surface area contributed by atoms with E-state index in [2.05, 4.69) is 5.32 Å². The summed E-state index contributed by atoms with van der Waals surface area (Å²) in [6.45, 7) is 5.68. The number of para-hydroxylation sites is 1. The topological polar surface area (TPSA) is 86.8 Å². The highest BCUT2D eigenvalue weighted by atomic mass is 35.5. The molecule has 3 aromatic rings. The number of anilines is 1. The van der Waals surface area contributed by atoms with Crippen molar-refractivity contribution in [2.75, 3.05) is 23.9 Å². The number of nitrogens with zero attached hydrogens (tertiary/aromatic N) is 2. The lowest BCUT2D eigenvalue weighted by Crippen LogP contribution is -2.53. The normalized spacial score (nSPS) is 12.0. The van der Waals surface area contributed by atoms with Crippen LogP contribution in [0.2, 0.25) is 5.02 Å². The number of amides is 2. The summed E-state index contributed by atoms with van der Waals surface area (Å²) in [7, 11) is -4.13. The van der Waals surface area contributed by atoms with Crippen molar-refractivity contribution in [2.45, 2.75) is 44.6 Å². The summed E-state index contributed by atoms with van der Waals surface area (Å²) in [6.07, 6.45) is 0.914. The fraction of sp³-hybridized carbons (Fsp3) is 0.310. The Morgan fingerprint density at radius 2 is 1.55 bits per heavy atom. The predicted molar refractivity (Wildman–Crippen MR) is 152 cm³/mol. The fourth-order valence-corrected chi connectivity index (χ4v) is 5.88. The Labute approximate surface area is 230 Å². The van der Waals surface area contributed by atoms with E-state index in [9.17, 15) is 18.0 Å². The van der Waals surface area contributed by atoms with Gasteiger partial charge in [0.1, 0.15) is 12.6 Å². The van der Waals surface area contributed by atoms with Gasteiger partial charge in [-0.2, -0.15) is 0 Å². The first-order valence-electron chi connectivity index (χ1n) is 12.6. The van der Waals surface area contributed by atoms with Gasteiger partial charge >= 0.3 is 0 Å². The van der Waals surface area contributed by atoms with Gasteiger partial charge in [0.25, 0.3) is 10.0 Å². The van der Waals surface area contributed by atoms with E-state index in [1.54, 1.807) is 25.1 Å². The lowest BCUT2D eigenvalue weighted by Gasteiger charge is -2.33. The van der Waals surface area contributed by atoms with Crippen molar-refractivity contribution in [3.05, 3.63) is 95.0 Å². The molecule has 0 aliphatic carbocycles. The maximum absolute atomic E-state index is 13.9. The number of carbonyl (C=O) groups is 2. The highest BCUT2D eigenvalue weighted by Crippen LogP contribution is 2.28. The molecule has 3 rings (SSSR count). The van der Waals surface area contributed by atoms with Crippen LogP contribution in [0.15, 0.2) is 83.8 Å². The van der Waals surface area contributed by atoms with Crippen LogP contribution in [0.3, 0.4) is 0 Å². The Kier molecular flexibility index (Phi) is 10.3.